The van der Waals surface area contributed by atoms with Gasteiger partial charge in [-0.25, -0.2) is 4.39 Å². The number of nitrogens with one attached hydrogen (secondary N) is 3. The molecule has 0 aliphatic heterocycles. The average molecular weight is 293 g/mol. The topological polar surface area (TPSA) is 66.3 Å². The maximum Gasteiger partial charge on any atom is 0.305 e. The molecule has 0 aliphatic rings. The Kier molecular flexibility index (Phi) is 4.31. The van der Waals surface area contributed by atoms with E-state index in [4.69, 9.17) is 16.6 Å². The molecule has 7 heteroatoms. The smallest absolute Gasteiger partial charge is 0.305 e. The monoisotopic (exact) mass is 293 g/mol. The Morgan fingerprint density at radius 1 is 1.30 bits per heavy atom. The van der Waals surface area contributed by atoms with Gasteiger partial charge in [0, 0.05) is 5.69 Å². The Bertz CT molecular complexity index is 629. The number of thiocarbonyl (C=S) groups is 1. The van der Waals surface area contributed by atoms with Crippen molar-refractivity contribution in [2.24, 2.45) is 0 Å². The molecule has 3 N–H and O–H groups in total. The first kappa shape index (κ1) is 14.0. The van der Waals surface area contributed by atoms with E-state index in [1.807, 2.05) is 0 Å². The molecule has 0 aliphatic carbocycles. The van der Waals surface area contributed by atoms with Crippen LogP contribution in [0.2, 0.25) is 0 Å². The van der Waals surface area contributed by atoms with E-state index in [2.05, 4.69) is 16.2 Å². The molecule has 0 bridgehead atoms. The standard InChI is InChI=1S/C13H12FN3O2S/c1-8-4-5-9(7-10(8)14)15-13(20)17-16-12(18)11-3-2-6-19-11/h2-7H,1H3,(H,16,18)(H2,15,17,20). The van der Waals surface area contributed by atoms with E-state index in [-0.39, 0.29) is 16.7 Å². The summed E-state index contributed by atoms with van der Waals surface area (Å²) in [4.78, 5) is 11.5. The van der Waals surface area contributed by atoms with Crippen LogP contribution in [-0.2, 0) is 0 Å². The second kappa shape index (κ2) is 6.16. The van der Waals surface area contributed by atoms with Crippen LogP contribution in [0.5, 0.6) is 0 Å². The minimum absolute atomic E-state index is 0.133. The Hall–Kier alpha value is -2.41. The van der Waals surface area contributed by atoms with Gasteiger partial charge < -0.3 is 9.73 Å². The maximum absolute atomic E-state index is 13.3. The summed E-state index contributed by atoms with van der Waals surface area (Å²) in [5, 5.41) is 2.88. The molecule has 2 rings (SSSR count). The minimum atomic E-state index is -0.464. The largest absolute Gasteiger partial charge is 0.459 e. The van der Waals surface area contributed by atoms with Gasteiger partial charge in [-0.1, -0.05) is 6.07 Å². The van der Waals surface area contributed by atoms with Crippen molar-refractivity contribution in [3.8, 4) is 0 Å². The molecule has 0 fully saturated rings. The van der Waals surface area contributed by atoms with Crippen LogP contribution in [0.25, 0.3) is 0 Å². The first-order valence-electron chi connectivity index (χ1n) is 5.73. The molecular weight excluding hydrogens is 281 g/mol. The fourth-order valence-electron chi connectivity index (χ4n) is 1.42. The fraction of sp³-hybridized carbons (Fsp3) is 0.0769. The van der Waals surface area contributed by atoms with Crippen LogP contribution >= 0.6 is 12.2 Å². The van der Waals surface area contributed by atoms with Gasteiger partial charge in [-0.15, -0.1) is 0 Å². The molecular formula is C13H12FN3O2S. The summed E-state index contributed by atoms with van der Waals surface area (Å²) in [5.74, 6) is -0.645. The molecule has 0 saturated heterocycles. The van der Waals surface area contributed by atoms with E-state index in [1.54, 1.807) is 25.1 Å². The number of halogens is 1. The van der Waals surface area contributed by atoms with Gasteiger partial charge in [0.05, 0.1) is 6.26 Å². The number of rotatable bonds is 2. The Balaban J connectivity index is 1.86. The summed E-state index contributed by atoms with van der Waals surface area (Å²) in [5.41, 5.74) is 5.87. The summed E-state index contributed by atoms with van der Waals surface area (Å²) in [6.45, 7) is 1.67. The maximum atomic E-state index is 13.3. The lowest BCUT2D eigenvalue weighted by Crippen LogP contribution is -2.43. The van der Waals surface area contributed by atoms with Crippen molar-refractivity contribution in [3.63, 3.8) is 0 Å². The van der Waals surface area contributed by atoms with Gasteiger partial charge in [0.15, 0.2) is 10.9 Å². The van der Waals surface area contributed by atoms with Crippen LogP contribution in [0.15, 0.2) is 41.0 Å². The number of aryl methyl sites for hydroxylation is 1. The van der Waals surface area contributed by atoms with Gasteiger partial charge in [-0.05, 0) is 49.0 Å². The predicted octanol–water partition coefficient (Wildman–Crippen LogP) is 2.36. The molecule has 5 nitrogen and oxygen atoms in total. The number of carbonyl (C=O) groups excluding carboxylic acids is 1. The molecule has 20 heavy (non-hydrogen) atoms. The number of benzene rings is 1. The van der Waals surface area contributed by atoms with E-state index in [0.29, 0.717) is 11.3 Å². The summed E-state index contributed by atoms with van der Waals surface area (Å²) >= 11 is 4.97. The summed E-state index contributed by atoms with van der Waals surface area (Å²) in [6, 6.07) is 7.74. The molecule has 2 aromatic rings. The quantitative estimate of drug-likeness (QED) is 0.586. The first-order valence-corrected chi connectivity index (χ1v) is 6.14. The Morgan fingerprint density at radius 2 is 2.10 bits per heavy atom. The number of furan rings is 1. The third kappa shape index (κ3) is 3.55. The highest BCUT2D eigenvalue weighted by atomic mass is 32.1. The van der Waals surface area contributed by atoms with Crippen molar-refractivity contribution in [1.82, 2.24) is 10.9 Å². The van der Waals surface area contributed by atoms with E-state index >= 15 is 0 Å². The zero-order valence-corrected chi connectivity index (χ0v) is 11.4. The lowest BCUT2D eigenvalue weighted by molar-refractivity contribution is 0.0916. The van der Waals surface area contributed by atoms with Crippen LogP contribution in [0.3, 0.4) is 0 Å². The summed E-state index contributed by atoms with van der Waals surface area (Å²) in [7, 11) is 0. The number of amides is 1. The lowest BCUT2D eigenvalue weighted by Gasteiger charge is -2.11. The van der Waals surface area contributed by atoms with Crippen molar-refractivity contribution in [2.75, 3.05) is 5.32 Å². The predicted molar refractivity (Wildman–Crippen MR) is 76.7 cm³/mol. The third-order valence-corrected chi connectivity index (χ3v) is 2.67. The van der Waals surface area contributed by atoms with Crippen molar-refractivity contribution in [2.45, 2.75) is 6.92 Å². The summed E-state index contributed by atoms with van der Waals surface area (Å²) in [6.07, 6.45) is 1.39. The summed E-state index contributed by atoms with van der Waals surface area (Å²) < 4.78 is 18.3. The number of hydrogen-bond acceptors (Lipinski definition) is 3. The highest BCUT2D eigenvalue weighted by molar-refractivity contribution is 7.80. The molecule has 1 aromatic heterocycles. The van der Waals surface area contributed by atoms with Gasteiger partial charge in [-0.3, -0.25) is 15.6 Å². The fourth-order valence-corrected chi connectivity index (χ4v) is 1.58. The van der Waals surface area contributed by atoms with Crippen molar-refractivity contribution in [3.05, 3.63) is 53.7 Å². The number of hydrogen-bond donors (Lipinski definition) is 3. The van der Waals surface area contributed by atoms with E-state index < -0.39 is 5.91 Å². The van der Waals surface area contributed by atoms with Crippen LogP contribution in [0.4, 0.5) is 10.1 Å². The van der Waals surface area contributed by atoms with Crippen LogP contribution in [-0.4, -0.2) is 11.0 Å². The van der Waals surface area contributed by atoms with Gasteiger partial charge in [0.25, 0.3) is 0 Å². The zero-order valence-electron chi connectivity index (χ0n) is 10.6. The number of anilines is 1. The van der Waals surface area contributed by atoms with Crippen molar-refractivity contribution < 1.29 is 13.6 Å². The van der Waals surface area contributed by atoms with E-state index in [1.165, 1.54) is 18.4 Å². The van der Waals surface area contributed by atoms with Gasteiger partial charge in [0.1, 0.15) is 5.82 Å². The van der Waals surface area contributed by atoms with Crippen LogP contribution in [0, 0.1) is 12.7 Å². The van der Waals surface area contributed by atoms with Gasteiger partial charge in [0.2, 0.25) is 0 Å². The molecule has 0 radical (unpaired) electrons. The first-order chi connectivity index (χ1) is 9.56. The SMILES string of the molecule is Cc1ccc(NC(=S)NNC(=O)c2ccco2)cc1F. The minimum Gasteiger partial charge on any atom is -0.459 e. The van der Waals surface area contributed by atoms with E-state index in [9.17, 15) is 9.18 Å². The zero-order chi connectivity index (χ0) is 14.5. The Morgan fingerprint density at radius 3 is 2.75 bits per heavy atom. The highest BCUT2D eigenvalue weighted by Crippen LogP contribution is 2.13. The molecule has 0 unspecified atom stereocenters. The van der Waals surface area contributed by atoms with Gasteiger partial charge in [-0.2, -0.15) is 0 Å². The average Bonchev–Trinajstić information content (AvgIpc) is 2.94. The normalized spacial score (nSPS) is 9.90. The van der Waals surface area contributed by atoms with E-state index in [0.717, 1.165) is 0 Å². The lowest BCUT2D eigenvalue weighted by atomic mass is 10.2. The van der Waals surface area contributed by atoms with Crippen LogP contribution < -0.4 is 16.2 Å². The molecule has 0 atom stereocenters. The third-order valence-electron chi connectivity index (χ3n) is 2.46. The number of hydrazine groups is 1. The van der Waals surface area contributed by atoms with Crippen molar-refractivity contribution in [1.29, 1.82) is 0 Å². The molecule has 1 heterocycles. The second-order valence-electron chi connectivity index (χ2n) is 3.97. The molecule has 104 valence electrons. The molecule has 1 amide bonds. The molecule has 0 spiro atoms. The second-order valence-corrected chi connectivity index (χ2v) is 4.38. The van der Waals surface area contributed by atoms with Crippen molar-refractivity contribution >= 4 is 28.9 Å². The number of carbonyl (C=O) groups is 1. The molecule has 0 saturated carbocycles. The molecule has 1 aromatic carbocycles. The highest BCUT2D eigenvalue weighted by Gasteiger charge is 2.08. The van der Waals surface area contributed by atoms with Crippen LogP contribution in [0.1, 0.15) is 16.1 Å². The Labute approximate surface area is 120 Å². The van der Waals surface area contributed by atoms with Gasteiger partial charge >= 0.3 is 5.91 Å².